The number of hydrogen-bond acceptors (Lipinski definition) is 4. The van der Waals surface area contributed by atoms with Crippen LogP contribution in [0.25, 0.3) is 0 Å². The van der Waals surface area contributed by atoms with Gasteiger partial charge in [0, 0.05) is 30.5 Å². The van der Waals surface area contributed by atoms with Crippen LogP contribution in [-0.4, -0.2) is 16.7 Å². The highest BCUT2D eigenvalue weighted by Gasteiger charge is 2.19. The summed E-state index contributed by atoms with van der Waals surface area (Å²) < 4.78 is 0. The Balaban J connectivity index is 1.59. The standard InChI is InChI=1S/C20H28N2OS/c23-13-7-12-19(16-8-3-1-4-9-16)21-14-18-15-24-20(22-18)17-10-5-2-6-11-17/h1,3-4,8-9,15,17,19,21,23H,2,5-7,10-14H2. The lowest BCUT2D eigenvalue weighted by atomic mass is 9.90. The molecule has 4 heteroatoms. The van der Waals surface area contributed by atoms with E-state index < -0.39 is 0 Å². The van der Waals surface area contributed by atoms with Crippen molar-refractivity contribution in [1.29, 1.82) is 0 Å². The number of benzene rings is 1. The van der Waals surface area contributed by atoms with Gasteiger partial charge in [0.1, 0.15) is 0 Å². The summed E-state index contributed by atoms with van der Waals surface area (Å²) in [6.07, 6.45) is 8.48. The van der Waals surface area contributed by atoms with Gasteiger partial charge in [-0.25, -0.2) is 4.98 Å². The molecule has 3 rings (SSSR count). The van der Waals surface area contributed by atoms with Gasteiger partial charge in [0.05, 0.1) is 10.7 Å². The highest BCUT2D eigenvalue weighted by atomic mass is 32.1. The van der Waals surface area contributed by atoms with E-state index >= 15 is 0 Å². The Morgan fingerprint density at radius 2 is 1.96 bits per heavy atom. The Hall–Kier alpha value is -1.23. The summed E-state index contributed by atoms with van der Waals surface area (Å²) in [6.45, 7) is 1.04. The quantitative estimate of drug-likeness (QED) is 0.723. The summed E-state index contributed by atoms with van der Waals surface area (Å²) in [4.78, 5) is 4.89. The third-order valence-corrected chi connectivity index (χ3v) is 5.96. The number of nitrogens with one attached hydrogen (secondary N) is 1. The van der Waals surface area contributed by atoms with Gasteiger partial charge in [0.15, 0.2) is 0 Å². The fourth-order valence-corrected chi connectivity index (χ4v) is 4.53. The molecule has 1 aromatic carbocycles. The zero-order chi connectivity index (χ0) is 16.6. The molecule has 3 nitrogen and oxygen atoms in total. The molecule has 2 aromatic rings. The normalized spacial score (nSPS) is 17.0. The molecule has 1 heterocycles. The Kier molecular flexibility index (Phi) is 6.82. The molecule has 0 spiro atoms. The number of aliphatic hydroxyl groups is 1. The van der Waals surface area contributed by atoms with Gasteiger partial charge in [0.25, 0.3) is 0 Å². The lowest BCUT2D eigenvalue weighted by Gasteiger charge is -2.19. The SMILES string of the molecule is OCCCC(NCc1csc(C2CCCCC2)n1)c1ccccc1. The molecule has 2 N–H and O–H groups in total. The van der Waals surface area contributed by atoms with Crippen LogP contribution in [0, 0.1) is 0 Å². The van der Waals surface area contributed by atoms with E-state index in [0.717, 1.165) is 25.1 Å². The molecule has 1 unspecified atom stereocenters. The monoisotopic (exact) mass is 344 g/mol. The number of rotatable bonds is 8. The molecule has 0 aliphatic heterocycles. The largest absolute Gasteiger partial charge is 0.396 e. The summed E-state index contributed by atoms with van der Waals surface area (Å²) in [5, 5.41) is 16.3. The average molecular weight is 345 g/mol. The maximum Gasteiger partial charge on any atom is 0.0959 e. The first-order valence-corrected chi connectivity index (χ1v) is 10.1. The number of aliphatic hydroxyl groups excluding tert-OH is 1. The van der Waals surface area contributed by atoms with E-state index in [0.29, 0.717) is 5.92 Å². The molecule has 1 aliphatic carbocycles. The van der Waals surface area contributed by atoms with Gasteiger partial charge < -0.3 is 10.4 Å². The molecule has 1 fully saturated rings. The summed E-state index contributed by atoms with van der Waals surface area (Å²) in [5.74, 6) is 0.691. The lowest BCUT2D eigenvalue weighted by Crippen LogP contribution is -2.21. The summed E-state index contributed by atoms with van der Waals surface area (Å²) in [5.41, 5.74) is 2.44. The highest BCUT2D eigenvalue weighted by Crippen LogP contribution is 2.34. The van der Waals surface area contributed by atoms with E-state index in [-0.39, 0.29) is 12.6 Å². The Morgan fingerprint density at radius 3 is 2.71 bits per heavy atom. The highest BCUT2D eigenvalue weighted by molar-refractivity contribution is 7.09. The molecular formula is C20H28N2OS. The fraction of sp³-hybridized carbons (Fsp3) is 0.550. The summed E-state index contributed by atoms with van der Waals surface area (Å²) in [7, 11) is 0. The fourth-order valence-electron chi connectivity index (χ4n) is 3.54. The maximum atomic E-state index is 9.16. The smallest absolute Gasteiger partial charge is 0.0959 e. The van der Waals surface area contributed by atoms with Crippen LogP contribution in [0.4, 0.5) is 0 Å². The molecular weight excluding hydrogens is 316 g/mol. The second-order valence-corrected chi connectivity index (χ2v) is 7.61. The van der Waals surface area contributed by atoms with Crippen molar-refractivity contribution in [2.75, 3.05) is 6.61 Å². The van der Waals surface area contributed by atoms with Crippen LogP contribution >= 0.6 is 11.3 Å². The van der Waals surface area contributed by atoms with Gasteiger partial charge >= 0.3 is 0 Å². The van der Waals surface area contributed by atoms with Crippen LogP contribution in [-0.2, 0) is 6.54 Å². The Morgan fingerprint density at radius 1 is 1.17 bits per heavy atom. The van der Waals surface area contributed by atoms with E-state index in [9.17, 15) is 0 Å². The first-order chi connectivity index (χ1) is 11.9. The molecule has 0 bridgehead atoms. The van der Waals surface area contributed by atoms with Crippen molar-refractivity contribution in [3.8, 4) is 0 Å². The van der Waals surface area contributed by atoms with Crippen LogP contribution in [0.1, 0.15) is 73.2 Å². The third-order valence-electron chi connectivity index (χ3n) is 4.91. The molecule has 0 radical (unpaired) electrons. The second kappa shape index (κ2) is 9.30. The van der Waals surface area contributed by atoms with Crippen molar-refractivity contribution >= 4 is 11.3 Å². The predicted molar refractivity (Wildman–Crippen MR) is 100 cm³/mol. The summed E-state index contributed by atoms with van der Waals surface area (Å²) in [6, 6.07) is 10.8. The lowest BCUT2D eigenvalue weighted by molar-refractivity contribution is 0.274. The number of thiazole rings is 1. The first kappa shape index (κ1) is 17.6. The van der Waals surface area contributed by atoms with E-state index in [1.54, 1.807) is 0 Å². The zero-order valence-corrected chi connectivity index (χ0v) is 15.1. The molecule has 1 atom stereocenters. The minimum Gasteiger partial charge on any atom is -0.396 e. The first-order valence-electron chi connectivity index (χ1n) is 9.20. The maximum absolute atomic E-state index is 9.16. The van der Waals surface area contributed by atoms with Crippen LogP contribution in [0.2, 0.25) is 0 Å². The topological polar surface area (TPSA) is 45.1 Å². The van der Waals surface area contributed by atoms with Crippen LogP contribution in [0.3, 0.4) is 0 Å². The molecule has 1 aromatic heterocycles. The second-order valence-electron chi connectivity index (χ2n) is 6.72. The number of aromatic nitrogens is 1. The van der Waals surface area contributed by atoms with Crippen molar-refractivity contribution in [2.24, 2.45) is 0 Å². The van der Waals surface area contributed by atoms with Crippen LogP contribution in [0.5, 0.6) is 0 Å². The van der Waals surface area contributed by atoms with Crippen molar-refractivity contribution in [2.45, 2.75) is 63.5 Å². The zero-order valence-electron chi connectivity index (χ0n) is 14.3. The van der Waals surface area contributed by atoms with E-state index in [2.05, 4.69) is 35.0 Å². The molecule has 130 valence electrons. The van der Waals surface area contributed by atoms with Crippen molar-refractivity contribution in [1.82, 2.24) is 10.3 Å². The average Bonchev–Trinajstić information content (AvgIpc) is 3.12. The van der Waals surface area contributed by atoms with Crippen LogP contribution < -0.4 is 5.32 Å². The number of hydrogen-bond donors (Lipinski definition) is 2. The van der Waals surface area contributed by atoms with Gasteiger partial charge in [-0.2, -0.15) is 0 Å². The Bertz CT molecular complexity index is 593. The van der Waals surface area contributed by atoms with E-state index in [1.165, 1.54) is 42.7 Å². The van der Waals surface area contributed by atoms with Crippen LogP contribution in [0.15, 0.2) is 35.7 Å². The van der Waals surface area contributed by atoms with Gasteiger partial charge in [-0.1, -0.05) is 49.6 Å². The minimum atomic E-state index is 0.244. The Labute approximate surface area is 149 Å². The minimum absolute atomic E-state index is 0.244. The predicted octanol–water partition coefficient (Wildman–Crippen LogP) is 4.79. The van der Waals surface area contributed by atoms with Gasteiger partial charge in [0.2, 0.25) is 0 Å². The third kappa shape index (κ3) is 4.88. The molecule has 1 aliphatic rings. The van der Waals surface area contributed by atoms with Gasteiger partial charge in [-0.3, -0.25) is 0 Å². The van der Waals surface area contributed by atoms with E-state index in [1.807, 2.05) is 17.4 Å². The molecule has 0 amide bonds. The molecule has 24 heavy (non-hydrogen) atoms. The summed E-state index contributed by atoms with van der Waals surface area (Å²) >= 11 is 1.83. The van der Waals surface area contributed by atoms with Gasteiger partial charge in [-0.05, 0) is 31.2 Å². The van der Waals surface area contributed by atoms with Crippen molar-refractivity contribution in [3.63, 3.8) is 0 Å². The van der Waals surface area contributed by atoms with Crippen molar-refractivity contribution < 1.29 is 5.11 Å². The molecule has 0 saturated heterocycles. The van der Waals surface area contributed by atoms with E-state index in [4.69, 9.17) is 10.1 Å². The van der Waals surface area contributed by atoms with Gasteiger partial charge in [-0.15, -0.1) is 11.3 Å². The molecule has 1 saturated carbocycles. The van der Waals surface area contributed by atoms with Crippen molar-refractivity contribution in [3.05, 3.63) is 52.0 Å². The number of nitrogens with zero attached hydrogens (tertiary/aromatic N) is 1.